The van der Waals surface area contributed by atoms with Crippen LogP contribution in [0.2, 0.25) is 0 Å². The van der Waals surface area contributed by atoms with Gasteiger partial charge in [-0.15, -0.1) is 0 Å². The molecule has 1 saturated carbocycles. The first-order chi connectivity index (χ1) is 12.0. The molecule has 1 saturated heterocycles. The van der Waals surface area contributed by atoms with Crippen molar-refractivity contribution < 1.29 is 9.90 Å². The van der Waals surface area contributed by atoms with E-state index in [9.17, 15) is 9.90 Å². The molecule has 3 rings (SSSR count). The molecule has 2 atom stereocenters. The number of hydrogen-bond acceptors (Lipinski definition) is 4. The summed E-state index contributed by atoms with van der Waals surface area (Å²) in [6.07, 6.45) is 2.09. The summed E-state index contributed by atoms with van der Waals surface area (Å²) in [5.41, 5.74) is 0.967. The van der Waals surface area contributed by atoms with E-state index in [2.05, 4.69) is 16.7 Å². The van der Waals surface area contributed by atoms with Gasteiger partial charge in [0, 0.05) is 45.8 Å². The lowest BCUT2D eigenvalue weighted by Crippen LogP contribution is -2.54. The van der Waals surface area contributed by atoms with Crippen molar-refractivity contribution in [1.29, 1.82) is 0 Å². The van der Waals surface area contributed by atoms with Gasteiger partial charge in [0.15, 0.2) is 0 Å². The minimum absolute atomic E-state index is 0.233. The maximum Gasteiger partial charge on any atom is 0.236 e. The van der Waals surface area contributed by atoms with E-state index < -0.39 is 6.10 Å². The Kier molecular flexibility index (Phi) is 6.10. The number of likely N-dealkylation sites (N-methyl/N-ethyl adjacent to an activating group) is 1. The average molecular weight is 345 g/mol. The zero-order valence-electron chi connectivity index (χ0n) is 15.5. The largest absolute Gasteiger partial charge is 0.387 e. The van der Waals surface area contributed by atoms with Crippen LogP contribution in [-0.2, 0) is 4.79 Å². The van der Waals surface area contributed by atoms with E-state index in [0.717, 1.165) is 37.7 Å². The fourth-order valence-corrected chi connectivity index (χ4v) is 3.59. The fraction of sp³-hybridized carbons (Fsp3) is 0.650. The summed E-state index contributed by atoms with van der Waals surface area (Å²) in [5, 5.41) is 10.4. The van der Waals surface area contributed by atoms with Crippen molar-refractivity contribution in [3.63, 3.8) is 0 Å². The molecule has 2 aliphatic rings. The topological polar surface area (TPSA) is 47.0 Å². The van der Waals surface area contributed by atoms with Crippen LogP contribution in [0.4, 0.5) is 0 Å². The summed E-state index contributed by atoms with van der Waals surface area (Å²) in [7, 11) is 1.93. The standard InChI is InChI=1S/C20H31N3O2/c1-16-12-22(15-20(25)21(2)13-17-8-9-17)10-11-23(16)14-19(24)18-6-4-3-5-7-18/h3-7,16-17,19,24H,8-15H2,1-2H3/t16-,19+/m1/s1. The summed E-state index contributed by atoms with van der Waals surface area (Å²) in [4.78, 5) is 18.8. The van der Waals surface area contributed by atoms with Gasteiger partial charge in [-0.05, 0) is 31.2 Å². The lowest BCUT2D eigenvalue weighted by Gasteiger charge is -2.40. The Bertz CT molecular complexity index is 561. The smallest absolute Gasteiger partial charge is 0.236 e. The number of carbonyl (C=O) groups excluding carboxylic acids is 1. The van der Waals surface area contributed by atoms with Crippen LogP contribution in [-0.4, -0.2) is 78.1 Å². The Morgan fingerprint density at radius 2 is 2.00 bits per heavy atom. The minimum atomic E-state index is -0.457. The third-order valence-electron chi connectivity index (χ3n) is 5.45. The van der Waals surface area contributed by atoms with Crippen LogP contribution in [0, 0.1) is 5.92 Å². The van der Waals surface area contributed by atoms with Gasteiger partial charge in [0.1, 0.15) is 0 Å². The molecule has 5 nitrogen and oxygen atoms in total. The molecule has 0 unspecified atom stereocenters. The fourth-order valence-electron chi connectivity index (χ4n) is 3.59. The number of nitrogens with zero attached hydrogens (tertiary/aromatic N) is 3. The number of aliphatic hydroxyl groups excluding tert-OH is 1. The zero-order chi connectivity index (χ0) is 17.8. The predicted molar refractivity (Wildman–Crippen MR) is 99.2 cm³/mol. The second kappa shape index (κ2) is 8.30. The molecule has 1 aromatic carbocycles. The molecular formula is C20H31N3O2. The SMILES string of the molecule is C[C@@H]1CN(CC(=O)N(C)CC2CC2)CCN1C[C@H](O)c1ccccc1. The average Bonchev–Trinajstić information content (AvgIpc) is 3.42. The van der Waals surface area contributed by atoms with Crippen molar-refractivity contribution in [3.8, 4) is 0 Å². The molecule has 1 aliphatic heterocycles. The molecule has 0 radical (unpaired) electrons. The van der Waals surface area contributed by atoms with Crippen molar-refractivity contribution in [3.05, 3.63) is 35.9 Å². The van der Waals surface area contributed by atoms with Crippen LogP contribution in [0.15, 0.2) is 30.3 Å². The van der Waals surface area contributed by atoms with Crippen LogP contribution in [0.3, 0.4) is 0 Å². The van der Waals surface area contributed by atoms with E-state index in [1.807, 2.05) is 42.3 Å². The third-order valence-corrected chi connectivity index (χ3v) is 5.45. The van der Waals surface area contributed by atoms with Gasteiger partial charge in [0.25, 0.3) is 0 Å². The Hall–Kier alpha value is -1.43. The molecule has 1 aliphatic carbocycles. The maximum absolute atomic E-state index is 12.4. The van der Waals surface area contributed by atoms with Gasteiger partial charge in [-0.2, -0.15) is 0 Å². The van der Waals surface area contributed by atoms with Gasteiger partial charge < -0.3 is 10.0 Å². The maximum atomic E-state index is 12.4. The Morgan fingerprint density at radius 1 is 1.28 bits per heavy atom. The highest BCUT2D eigenvalue weighted by Gasteiger charge is 2.29. The van der Waals surface area contributed by atoms with Gasteiger partial charge >= 0.3 is 0 Å². The zero-order valence-corrected chi connectivity index (χ0v) is 15.5. The first-order valence-corrected chi connectivity index (χ1v) is 9.46. The van der Waals surface area contributed by atoms with E-state index in [1.54, 1.807) is 0 Å². The van der Waals surface area contributed by atoms with Gasteiger partial charge in [0.05, 0.1) is 12.6 Å². The number of hydrogen-bond donors (Lipinski definition) is 1. The second-order valence-electron chi connectivity index (χ2n) is 7.72. The Balaban J connectivity index is 1.44. The van der Waals surface area contributed by atoms with Gasteiger partial charge in [-0.3, -0.25) is 14.6 Å². The quantitative estimate of drug-likeness (QED) is 0.815. The van der Waals surface area contributed by atoms with Crippen molar-refractivity contribution >= 4 is 5.91 Å². The van der Waals surface area contributed by atoms with E-state index in [4.69, 9.17) is 0 Å². The van der Waals surface area contributed by atoms with Gasteiger partial charge in [-0.25, -0.2) is 0 Å². The Morgan fingerprint density at radius 3 is 2.64 bits per heavy atom. The van der Waals surface area contributed by atoms with Gasteiger partial charge in [0.2, 0.25) is 5.91 Å². The number of amides is 1. The highest BCUT2D eigenvalue weighted by molar-refractivity contribution is 5.78. The second-order valence-corrected chi connectivity index (χ2v) is 7.72. The van der Waals surface area contributed by atoms with E-state index in [1.165, 1.54) is 12.8 Å². The van der Waals surface area contributed by atoms with E-state index >= 15 is 0 Å². The molecule has 0 spiro atoms. The number of carbonyl (C=O) groups is 1. The number of rotatable bonds is 7. The summed E-state index contributed by atoms with van der Waals surface area (Å²) in [6.45, 7) is 6.92. The van der Waals surface area contributed by atoms with Crippen molar-refractivity contribution in [2.24, 2.45) is 5.92 Å². The van der Waals surface area contributed by atoms with E-state index in [-0.39, 0.29) is 5.91 Å². The lowest BCUT2D eigenvalue weighted by molar-refractivity contribution is -0.132. The summed E-state index contributed by atoms with van der Waals surface area (Å²) >= 11 is 0. The molecule has 1 aromatic rings. The minimum Gasteiger partial charge on any atom is -0.387 e. The first kappa shape index (κ1) is 18.4. The van der Waals surface area contributed by atoms with Crippen LogP contribution in [0.5, 0.6) is 0 Å². The van der Waals surface area contributed by atoms with Crippen molar-refractivity contribution in [1.82, 2.24) is 14.7 Å². The highest BCUT2D eigenvalue weighted by Crippen LogP contribution is 2.29. The summed E-state index contributed by atoms with van der Waals surface area (Å²) in [5.74, 6) is 0.973. The molecule has 1 N–H and O–H groups in total. The third kappa shape index (κ3) is 5.27. The monoisotopic (exact) mass is 345 g/mol. The molecule has 25 heavy (non-hydrogen) atoms. The number of benzene rings is 1. The summed E-state index contributed by atoms with van der Waals surface area (Å²) in [6, 6.07) is 10.2. The molecule has 0 bridgehead atoms. The van der Waals surface area contributed by atoms with Crippen LogP contribution in [0.25, 0.3) is 0 Å². The molecule has 1 heterocycles. The Labute approximate surface area is 151 Å². The predicted octanol–water partition coefficient (Wildman–Crippen LogP) is 1.59. The number of aliphatic hydroxyl groups is 1. The van der Waals surface area contributed by atoms with Crippen molar-refractivity contribution in [2.45, 2.75) is 31.9 Å². The molecule has 1 amide bonds. The first-order valence-electron chi connectivity index (χ1n) is 9.46. The van der Waals surface area contributed by atoms with Crippen LogP contribution < -0.4 is 0 Å². The number of piperazine rings is 1. The highest BCUT2D eigenvalue weighted by atomic mass is 16.3. The molecular weight excluding hydrogens is 314 g/mol. The summed E-state index contributed by atoms with van der Waals surface area (Å²) < 4.78 is 0. The molecule has 5 heteroatoms. The normalized spacial score (nSPS) is 23.4. The molecule has 138 valence electrons. The molecule has 2 fully saturated rings. The van der Waals surface area contributed by atoms with Crippen molar-refractivity contribution in [2.75, 3.05) is 46.3 Å². The van der Waals surface area contributed by atoms with Crippen LogP contribution in [0.1, 0.15) is 31.4 Å². The number of β-amino-alcohol motifs (C(OH)–C–C–N with tert-alkyl or cyclic N) is 1. The van der Waals surface area contributed by atoms with E-state index in [0.29, 0.717) is 19.1 Å². The van der Waals surface area contributed by atoms with Crippen LogP contribution >= 0.6 is 0 Å². The van der Waals surface area contributed by atoms with Gasteiger partial charge in [-0.1, -0.05) is 30.3 Å². The lowest BCUT2D eigenvalue weighted by atomic mass is 10.1. The molecule has 0 aromatic heterocycles.